The number of hydrogen-bond donors (Lipinski definition) is 3. The topological polar surface area (TPSA) is 150 Å². The summed E-state index contributed by atoms with van der Waals surface area (Å²) in [7, 11) is 0. The first kappa shape index (κ1) is 21.1. The molecule has 3 heterocycles. The zero-order valence-corrected chi connectivity index (χ0v) is 17.5. The number of primary amides is 1. The Balaban J connectivity index is 1.34. The first-order valence-corrected chi connectivity index (χ1v) is 9.96. The van der Waals surface area contributed by atoms with Crippen LogP contribution in [0.4, 0.5) is 0 Å². The van der Waals surface area contributed by atoms with E-state index in [1.165, 1.54) is 10.7 Å². The lowest BCUT2D eigenvalue weighted by Gasteiger charge is -2.25. The highest BCUT2D eigenvalue weighted by atomic mass is 16.6. The van der Waals surface area contributed by atoms with Gasteiger partial charge in [0.15, 0.2) is 17.1 Å². The van der Waals surface area contributed by atoms with Gasteiger partial charge in [0.05, 0.1) is 6.20 Å². The second-order valence-corrected chi connectivity index (χ2v) is 7.32. The minimum Gasteiger partial charge on any atom is -0.485 e. The van der Waals surface area contributed by atoms with E-state index in [1.807, 2.05) is 13.0 Å². The number of aromatic nitrogens is 3. The summed E-state index contributed by atoms with van der Waals surface area (Å²) in [5.41, 5.74) is 13.0. The number of para-hydroxylation sites is 2. The zero-order chi connectivity index (χ0) is 22.8. The summed E-state index contributed by atoms with van der Waals surface area (Å²) in [6, 6.07) is 7.04. The van der Waals surface area contributed by atoms with Crippen LogP contribution in [-0.4, -0.2) is 45.0 Å². The molecule has 0 saturated heterocycles. The van der Waals surface area contributed by atoms with Crippen LogP contribution in [0, 0.1) is 13.8 Å². The summed E-state index contributed by atoms with van der Waals surface area (Å²) in [6.07, 6.45) is 0.966. The van der Waals surface area contributed by atoms with Crippen molar-refractivity contribution < 1.29 is 23.9 Å². The van der Waals surface area contributed by atoms with E-state index in [1.54, 1.807) is 25.1 Å². The van der Waals surface area contributed by atoms with Crippen molar-refractivity contribution in [3.63, 3.8) is 0 Å². The molecule has 11 heteroatoms. The third-order valence-corrected chi connectivity index (χ3v) is 5.20. The molecule has 0 spiro atoms. The monoisotopic (exact) mass is 438 g/mol. The third kappa shape index (κ3) is 4.04. The van der Waals surface area contributed by atoms with Crippen LogP contribution >= 0.6 is 0 Å². The van der Waals surface area contributed by atoms with Crippen LogP contribution in [0.2, 0.25) is 0 Å². The molecular weight excluding hydrogens is 416 g/mol. The van der Waals surface area contributed by atoms with Crippen LogP contribution in [0.1, 0.15) is 33.7 Å². The van der Waals surface area contributed by atoms with Gasteiger partial charge in [0.25, 0.3) is 11.8 Å². The van der Waals surface area contributed by atoms with Crippen molar-refractivity contribution in [3.05, 3.63) is 53.0 Å². The lowest BCUT2D eigenvalue weighted by molar-refractivity contribution is -0.135. The van der Waals surface area contributed by atoms with E-state index >= 15 is 0 Å². The van der Waals surface area contributed by atoms with Crippen LogP contribution in [0.3, 0.4) is 0 Å². The van der Waals surface area contributed by atoms with Crippen LogP contribution in [0.25, 0.3) is 5.65 Å². The molecule has 11 nitrogen and oxygen atoms in total. The fourth-order valence-corrected chi connectivity index (χ4v) is 3.51. The number of nitrogens with two attached hydrogens (primary N) is 1. The Labute approximate surface area is 182 Å². The average Bonchev–Trinajstić information content (AvgIpc) is 3.21. The van der Waals surface area contributed by atoms with Crippen LogP contribution in [0.15, 0.2) is 30.5 Å². The molecule has 2 aromatic heterocycles. The second-order valence-electron chi connectivity index (χ2n) is 7.32. The molecule has 1 aliphatic rings. The maximum atomic E-state index is 12.3. The fourth-order valence-electron chi connectivity index (χ4n) is 3.51. The summed E-state index contributed by atoms with van der Waals surface area (Å²) >= 11 is 0. The van der Waals surface area contributed by atoms with E-state index in [0.717, 1.165) is 11.3 Å². The number of hydrazine groups is 1. The number of carbonyl (C=O) groups is 3. The van der Waals surface area contributed by atoms with E-state index in [9.17, 15) is 14.4 Å². The molecule has 0 radical (unpaired) electrons. The summed E-state index contributed by atoms with van der Waals surface area (Å²) in [5.74, 6) is -0.467. The van der Waals surface area contributed by atoms with Crippen molar-refractivity contribution in [2.45, 2.75) is 32.8 Å². The predicted molar refractivity (Wildman–Crippen MR) is 112 cm³/mol. The summed E-state index contributed by atoms with van der Waals surface area (Å²) in [5, 5.41) is 4.17. The van der Waals surface area contributed by atoms with E-state index in [2.05, 4.69) is 20.9 Å². The van der Waals surface area contributed by atoms with Crippen molar-refractivity contribution >= 4 is 23.4 Å². The summed E-state index contributed by atoms with van der Waals surface area (Å²) in [4.78, 5) is 40.5. The lowest BCUT2D eigenvalue weighted by atomic mass is 10.1. The fraction of sp³-hybridized carbons (Fsp3) is 0.286. The Morgan fingerprint density at radius 2 is 1.94 bits per heavy atom. The lowest BCUT2D eigenvalue weighted by Crippen LogP contribution is -2.50. The molecule has 0 aliphatic carbocycles. The molecule has 1 aliphatic heterocycles. The van der Waals surface area contributed by atoms with E-state index in [4.69, 9.17) is 15.2 Å². The van der Waals surface area contributed by atoms with Gasteiger partial charge in [-0.15, -0.1) is 0 Å². The van der Waals surface area contributed by atoms with Crippen LogP contribution < -0.4 is 26.1 Å². The first-order chi connectivity index (χ1) is 15.3. The maximum Gasteiger partial charge on any atom is 0.283 e. The normalized spacial score (nSPS) is 14.8. The molecule has 3 amide bonds. The van der Waals surface area contributed by atoms with Crippen LogP contribution in [0.5, 0.6) is 11.5 Å². The highest BCUT2D eigenvalue weighted by Crippen LogP contribution is 2.30. The number of carbonyl (C=O) groups excluding carboxylic acids is 3. The Bertz CT molecular complexity index is 1220. The molecule has 0 bridgehead atoms. The van der Waals surface area contributed by atoms with Gasteiger partial charge in [-0.25, -0.2) is 9.50 Å². The second kappa shape index (κ2) is 8.53. The molecule has 1 aromatic carbocycles. The van der Waals surface area contributed by atoms with Gasteiger partial charge in [0.2, 0.25) is 12.0 Å². The van der Waals surface area contributed by atoms with Gasteiger partial charge in [-0.3, -0.25) is 25.2 Å². The van der Waals surface area contributed by atoms with Crippen molar-refractivity contribution in [2.24, 2.45) is 5.73 Å². The highest BCUT2D eigenvalue weighted by Gasteiger charge is 2.27. The molecule has 1 unspecified atom stereocenters. The van der Waals surface area contributed by atoms with Crippen molar-refractivity contribution in [2.75, 3.05) is 6.61 Å². The Kier molecular flexibility index (Phi) is 5.63. The Morgan fingerprint density at radius 3 is 2.69 bits per heavy atom. The van der Waals surface area contributed by atoms with Gasteiger partial charge >= 0.3 is 0 Å². The quantitative estimate of drug-likeness (QED) is 0.487. The van der Waals surface area contributed by atoms with E-state index in [-0.39, 0.29) is 24.5 Å². The van der Waals surface area contributed by atoms with Gasteiger partial charge in [0, 0.05) is 17.8 Å². The van der Waals surface area contributed by atoms with Gasteiger partial charge in [-0.05, 0) is 38.0 Å². The van der Waals surface area contributed by atoms with E-state index < -0.39 is 17.9 Å². The van der Waals surface area contributed by atoms with Crippen LogP contribution in [-0.2, 0) is 16.0 Å². The standard InChI is InChI=1S/C21H22N6O5/c1-11-13(12(2)27-20(24-11)14(9-23-27)19(22)29)7-8-18(28)25-26-21(30)17-10-31-15-5-3-4-6-16(15)32-17/h3-6,9,17H,7-8,10H2,1-2H3,(H2,22,29)(H,25,28)(H,26,30). The summed E-state index contributed by atoms with van der Waals surface area (Å²) in [6.45, 7) is 3.66. The minimum atomic E-state index is -0.874. The van der Waals surface area contributed by atoms with Crippen molar-refractivity contribution in [1.82, 2.24) is 25.4 Å². The third-order valence-electron chi connectivity index (χ3n) is 5.20. The average molecular weight is 438 g/mol. The SMILES string of the molecule is Cc1nc2c(C(N)=O)cnn2c(C)c1CCC(=O)NNC(=O)C1COc2ccccc2O1. The number of rotatable bonds is 5. The van der Waals surface area contributed by atoms with Gasteiger partial charge < -0.3 is 15.2 Å². The molecule has 0 saturated carbocycles. The van der Waals surface area contributed by atoms with Gasteiger partial charge in [-0.1, -0.05) is 12.1 Å². The largest absolute Gasteiger partial charge is 0.485 e. The first-order valence-electron chi connectivity index (χ1n) is 9.96. The number of ether oxygens (including phenoxy) is 2. The molecule has 3 aromatic rings. The Morgan fingerprint density at radius 1 is 1.19 bits per heavy atom. The number of hydrogen-bond acceptors (Lipinski definition) is 7. The molecule has 4 N–H and O–H groups in total. The number of nitrogens with zero attached hydrogens (tertiary/aromatic N) is 3. The van der Waals surface area contributed by atoms with Gasteiger partial charge in [-0.2, -0.15) is 5.10 Å². The molecule has 32 heavy (non-hydrogen) atoms. The molecule has 0 fully saturated rings. The number of fused-ring (bicyclic) bond motifs is 2. The molecule has 1 atom stereocenters. The predicted octanol–water partition coefficient (Wildman–Crippen LogP) is 0.365. The minimum absolute atomic E-state index is 0.0416. The highest BCUT2D eigenvalue weighted by molar-refractivity contribution is 5.98. The molecule has 166 valence electrons. The van der Waals surface area contributed by atoms with Crippen molar-refractivity contribution in [3.8, 4) is 11.5 Å². The number of amides is 3. The number of nitrogens with one attached hydrogen (secondary N) is 2. The maximum absolute atomic E-state index is 12.3. The molecule has 4 rings (SSSR count). The molecular formula is C21H22N6O5. The van der Waals surface area contributed by atoms with Gasteiger partial charge in [0.1, 0.15) is 12.2 Å². The summed E-state index contributed by atoms with van der Waals surface area (Å²) < 4.78 is 12.6. The zero-order valence-electron chi connectivity index (χ0n) is 17.5. The number of benzene rings is 1. The number of aryl methyl sites for hydroxylation is 2. The van der Waals surface area contributed by atoms with Crippen molar-refractivity contribution in [1.29, 1.82) is 0 Å². The Hall–Kier alpha value is -4.15. The van der Waals surface area contributed by atoms with E-state index in [0.29, 0.717) is 29.3 Å². The smallest absolute Gasteiger partial charge is 0.283 e.